The molecular formula is C18H21N3O3. The molecule has 6 heteroatoms. The average molecular weight is 327 g/mol. The Morgan fingerprint density at radius 3 is 2.67 bits per heavy atom. The first-order chi connectivity index (χ1) is 11.6. The number of rotatable bonds is 5. The minimum Gasteiger partial charge on any atom is -0.481 e. The van der Waals surface area contributed by atoms with Crippen molar-refractivity contribution in [3.8, 4) is 0 Å². The number of H-pyrrole nitrogens is 1. The molecule has 0 spiro atoms. The minimum absolute atomic E-state index is 0.0384. The largest absolute Gasteiger partial charge is 0.481 e. The number of hydrogen-bond donors (Lipinski definition) is 3. The summed E-state index contributed by atoms with van der Waals surface area (Å²) in [5, 5.41) is 12.2. The van der Waals surface area contributed by atoms with Gasteiger partial charge in [0.25, 0.3) is 0 Å². The number of imidazole rings is 1. The third kappa shape index (κ3) is 2.56. The van der Waals surface area contributed by atoms with Gasteiger partial charge in [0.2, 0.25) is 5.91 Å². The van der Waals surface area contributed by atoms with E-state index in [0.29, 0.717) is 24.4 Å². The molecule has 0 radical (unpaired) electrons. The van der Waals surface area contributed by atoms with Gasteiger partial charge in [-0.1, -0.05) is 12.8 Å². The standard InChI is InChI=1S/C18H21N3O3/c22-15(10-18(17(23)24)7-2-8-18)19-12-5-6-13-14(9-12)21-16(20-13)11-3-1-4-11/h5-6,9,11H,1-4,7-8,10H2,(H,19,22)(H,20,21)(H,23,24). The Labute approximate surface area is 139 Å². The highest BCUT2D eigenvalue weighted by molar-refractivity contribution is 5.96. The smallest absolute Gasteiger partial charge is 0.310 e. The lowest BCUT2D eigenvalue weighted by Gasteiger charge is -2.36. The Balaban J connectivity index is 1.47. The topological polar surface area (TPSA) is 95.1 Å². The zero-order valence-corrected chi connectivity index (χ0v) is 13.5. The monoisotopic (exact) mass is 327 g/mol. The molecule has 0 bridgehead atoms. The molecule has 1 aromatic carbocycles. The summed E-state index contributed by atoms with van der Waals surface area (Å²) in [7, 11) is 0. The van der Waals surface area contributed by atoms with Crippen LogP contribution in [0.2, 0.25) is 0 Å². The maximum atomic E-state index is 12.2. The van der Waals surface area contributed by atoms with E-state index in [2.05, 4.69) is 15.3 Å². The van der Waals surface area contributed by atoms with Crippen LogP contribution in [0.4, 0.5) is 5.69 Å². The van der Waals surface area contributed by atoms with E-state index in [9.17, 15) is 14.7 Å². The third-order valence-electron chi connectivity index (χ3n) is 5.54. The molecule has 0 unspecified atom stereocenters. The highest BCUT2D eigenvalue weighted by Crippen LogP contribution is 2.44. The molecule has 2 aromatic rings. The Hall–Kier alpha value is -2.37. The van der Waals surface area contributed by atoms with Gasteiger partial charge in [-0.2, -0.15) is 0 Å². The first-order valence-electron chi connectivity index (χ1n) is 8.59. The van der Waals surface area contributed by atoms with Gasteiger partial charge < -0.3 is 15.4 Å². The number of amides is 1. The number of anilines is 1. The summed E-state index contributed by atoms with van der Waals surface area (Å²) in [4.78, 5) is 31.6. The molecular weight excluding hydrogens is 306 g/mol. The lowest BCUT2D eigenvalue weighted by atomic mass is 9.66. The number of carbonyl (C=O) groups is 2. The van der Waals surface area contributed by atoms with Gasteiger partial charge >= 0.3 is 5.97 Å². The van der Waals surface area contributed by atoms with Crippen molar-refractivity contribution < 1.29 is 14.7 Å². The first-order valence-corrected chi connectivity index (χ1v) is 8.59. The summed E-state index contributed by atoms with van der Waals surface area (Å²) in [6.45, 7) is 0. The van der Waals surface area contributed by atoms with E-state index >= 15 is 0 Å². The molecule has 2 saturated carbocycles. The number of carbonyl (C=O) groups excluding carboxylic acids is 1. The fourth-order valence-electron chi connectivity index (χ4n) is 3.56. The van der Waals surface area contributed by atoms with Crippen LogP contribution in [-0.4, -0.2) is 27.0 Å². The Bertz CT molecular complexity index is 803. The van der Waals surface area contributed by atoms with Crippen LogP contribution in [0.1, 0.15) is 56.7 Å². The third-order valence-corrected chi connectivity index (χ3v) is 5.54. The van der Waals surface area contributed by atoms with Crippen molar-refractivity contribution in [1.29, 1.82) is 0 Å². The van der Waals surface area contributed by atoms with Crippen LogP contribution in [0.5, 0.6) is 0 Å². The van der Waals surface area contributed by atoms with Crippen LogP contribution in [-0.2, 0) is 9.59 Å². The number of aromatic amines is 1. The Kier molecular flexibility index (Phi) is 3.55. The molecule has 0 aliphatic heterocycles. The van der Waals surface area contributed by atoms with Gasteiger partial charge in [-0.3, -0.25) is 9.59 Å². The number of aliphatic carboxylic acids is 1. The van der Waals surface area contributed by atoms with Gasteiger partial charge in [-0.15, -0.1) is 0 Å². The molecule has 2 aliphatic carbocycles. The second-order valence-electron chi connectivity index (χ2n) is 7.15. The van der Waals surface area contributed by atoms with Crippen molar-refractivity contribution in [3.05, 3.63) is 24.0 Å². The summed E-state index contributed by atoms with van der Waals surface area (Å²) in [6.07, 6.45) is 5.70. The fraction of sp³-hybridized carbons (Fsp3) is 0.500. The molecule has 1 aromatic heterocycles. The number of fused-ring (bicyclic) bond motifs is 1. The Morgan fingerprint density at radius 2 is 2.08 bits per heavy atom. The van der Waals surface area contributed by atoms with Crippen LogP contribution in [0.15, 0.2) is 18.2 Å². The fourth-order valence-corrected chi connectivity index (χ4v) is 3.56. The molecule has 0 atom stereocenters. The maximum absolute atomic E-state index is 12.2. The zero-order chi connectivity index (χ0) is 16.7. The lowest BCUT2D eigenvalue weighted by Crippen LogP contribution is -2.41. The molecule has 4 rings (SSSR count). The van der Waals surface area contributed by atoms with Crippen molar-refractivity contribution in [2.45, 2.75) is 50.9 Å². The molecule has 2 fully saturated rings. The number of nitrogens with zero attached hydrogens (tertiary/aromatic N) is 1. The summed E-state index contributed by atoms with van der Waals surface area (Å²) < 4.78 is 0. The van der Waals surface area contributed by atoms with E-state index in [0.717, 1.165) is 23.3 Å². The van der Waals surface area contributed by atoms with Crippen LogP contribution in [0.3, 0.4) is 0 Å². The molecule has 126 valence electrons. The average Bonchev–Trinajstić information content (AvgIpc) is 2.82. The van der Waals surface area contributed by atoms with E-state index in [4.69, 9.17) is 0 Å². The summed E-state index contributed by atoms with van der Waals surface area (Å²) in [6, 6.07) is 5.58. The number of aromatic nitrogens is 2. The number of benzene rings is 1. The zero-order valence-electron chi connectivity index (χ0n) is 13.5. The summed E-state index contributed by atoms with van der Waals surface area (Å²) >= 11 is 0. The van der Waals surface area contributed by atoms with E-state index < -0.39 is 11.4 Å². The number of carboxylic acid groups (broad SMARTS) is 1. The molecule has 24 heavy (non-hydrogen) atoms. The van der Waals surface area contributed by atoms with E-state index in [1.54, 1.807) is 0 Å². The van der Waals surface area contributed by atoms with Crippen molar-refractivity contribution >= 4 is 28.6 Å². The van der Waals surface area contributed by atoms with Gasteiger partial charge in [0.05, 0.1) is 16.4 Å². The molecule has 1 amide bonds. The van der Waals surface area contributed by atoms with Crippen molar-refractivity contribution in [2.24, 2.45) is 5.41 Å². The van der Waals surface area contributed by atoms with E-state index in [1.807, 2.05) is 18.2 Å². The highest BCUT2D eigenvalue weighted by Gasteiger charge is 2.45. The van der Waals surface area contributed by atoms with Gasteiger partial charge in [-0.25, -0.2) is 4.98 Å². The predicted molar refractivity (Wildman–Crippen MR) is 89.9 cm³/mol. The highest BCUT2D eigenvalue weighted by atomic mass is 16.4. The summed E-state index contributed by atoms with van der Waals surface area (Å²) in [5.74, 6) is 0.455. The molecule has 2 aliphatic rings. The number of nitrogens with one attached hydrogen (secondary N) is 2. The Morgan fingerprint density at radius 1 is 1.29 bits per heavy atom. The molecule has 0 saturated heterocycles. The van der Waals surface area contributed by atoms with Crippen LogP contribution in [0, 0.1) is 5.41 Å². The van der Waals surface area contributed by atoms with E-state index in [-0.39, 0.29) is 12.3 Å². The van der Waals surface area contributed by atoms with Crippen molar-refractivity contribution in [3.63, 3.8) is 0 Å². The van der Waals surface area contributed by atoms with E-state index in [1.165, 1.54) is 19.3 Å². The maximum Gasteiger partial charge on any atom is 0.310 e. The first kappa shape index (κ1) is 15.2. The normalized spacial score (nSPS) is 19.5. The minimum atomic E-state index is -0.863. The van der Waals surface area contributed by atoms with Crippen molar-refractivity contribution in [1.82, 2.24) is 9.97 Å². The van der Waals surface area contributed by atoms with Gasteiger partial charge in [0, 0.05) is 18.0 Å². The lowest BCUT2D eigenvalue weighted by molar-refractivity contribution is -0.157. The second-order valence-corrected chi connectivity index (χ2v) is 7.15. The van der Waals surface area contributed by atoms with Crippen molar-refractivity contribution in [2.75, 3.05) is 5.32 Å². The number of carboxylic acids is 1. The SMILES string of the molecule is O=C(CC1(C(=O)O)CCC1)Nc1ccc2nc(C3CCC3)[nH]c2c1. The molecule has 3 N–H and O–H groups in total. The van der Waals surface area contributed by atoms with Crippen LogP contribution >= 0.6 is 0 Å². The van der Waals surface area contributed by atoms with Crippen LogP contribution in [0.25, 0.3) is 11.0 Å². The van der Waals surface area contributed by atoms with Crippen LogP contribution < -0.4 is 5.32 Å². The molecule has 6 nitrogen and oxygen atoms in total. The quantitative estimate of drug-likeness (QED) is 0.784. The van der Waals surface area contributed by atoms with Gasteiger partial charge in [-0.05, 0) is 43.9 Å². The number of hydrogen-bond acceptors (Lipinski definition) is 3. The van der Waals surface area contributed by atoms with Gasteiger partial charge in [0.1, 0.15) is 5.82 Å². The second kappa shape index (κ2) is 5.61. The predicted octanol–water partition coefficient (Wildman–Crippen LogP) is 3.41. The summed E-state index contributed by atoms with van der Waals surface area (Å²) in [5.41, 5.74) is 1.62. The molecule has 1 heterocycles. The van der Waals surface area contributed by atoms with Gasteiger partial charge in [0.15, 0.2) is 0 Å².